The lowest BCUT2D eigenvalue weighted by Gasteiger charge is -2.21. The Hall–Kier alpha value is -1.85. The number of nitrogens with two attached hydrogens (primary N) is 1. The summed E-state index contributed by atoms with van der Waals surface area (Å²) in [4.78, 5) is 0. The molecule has 2 N–H and O–H groups in total. The van der Waals surface area contributed by atoms with Crippen molar-refractivity contribution < 1.29 is 0 Å². The average Bonchev–Trinajstić information content (AvgIpc) is 2.38. The smallest absolute Gasteiger partial charge is 0.0679 e. The average molecular weight is 252 g/mol. The highest BCUT2D eigenvalue weighted by Crippen LogP contribution is 2.28. The molecule has 2 aromatic rings. The Morgan fingerprint density at radius 1 is 1.05 bits per heavy atom. The molecule has 0 aliphatic rings. The third-order valence-corrected chi connectivity index (χ3v) is 3.66. The zero-order valence-corrected chi connectivity index (χ0v) is 11.7. The number of fused-ring (bicyclic) bond motifs is 1. The van der Waals surface area contributed by atoms with Crippen LogP contribution in [-0.4, -0.2) is 0 Å². The van der Waals surface area contributed by atoms with Gasteiger partial charge in [0.1, 0.15) is 0 Å². The van der Waals surface area contributed by atoms with Crippen LogP contribution in [0, 0.1) is 30.1 Å². The standard InChI is InChI=1S/C17H20N2/c1-11(2)16(10-18)17(19)15-7-6-13-8-12(3)4-5-14(13)9-15/h4-9,11,16-17H,19H2,1-3H3. The van der Waals surface area contributed by atoms with Gasteiger partial charge in [0, 0.05) is 6.04 Å². The van der Waals surface area contributed by atoms with Crippen molar-refractivity contribution >= 4 is 10.8 Å². The Labute approximate surface area is 114 Å². The van der Waals surface area contributed by atoms with Gasteiger partial charge in [0.2, 0.25) is 0 Å². The largest absolute Gasteiger partial charge is 0.323 e. The first-order valence-corrected chi connectivity index (χ1v) is 6.68. The van der Waals surface area contributed by atoms with Crippen LogP contribution >= 0.6 is 0 Å². The number of benzene rings is 2. The second kappa shape index (κ2) is 5.42. The lowest BCUT2D eigenvalue weighted by atomic mass is 9.85. The highest BCUT2D eigenvalue weighted by Gasteiger charge is 2.22. The molecule has 0 saturated heterocycles. The third-order valence-electron chi connectivity index (χ3n) is 3.66. The molecule has 0 heterocycles. The predicted molar refractivity (Wildman–Crippen MR) is 79.6 cm³/mol. The van der Waals surface area contributed by atoms with Crippen molar-refractivity contribution in [3.63, 3.8) is 0 Å². The molecule has 0 aliphatic heterocycles. The zero-order chi connectivity index (χ0) is 14.0. The second-order valence-corrected chi connectivity index (χ2v) is 5.53. The molecule has 2 rings (SSSR count). The predicted octanol–water partition coefficient (Wildman–Crippen LogP) is 3.94. The van der Waals surface area contributed by atoms with Crippen LogP contribution in [0.1, 0.15) is 31.0 Å². The lowest BCUT2D eigenvalue weighted by Crippen LogP contribution is -2.24. The van der Waals surface area contributed by atoms with Gasteiger partial charge in [-0.25, -0.2) is 0 Å². The van der Waals surface area contributed by atoms with Crippen LogP contribution < -0.4 is 5.73 Å². The number of nitrogens with zero attached hydrogens (tertiary/aromatic N) is 1. The van der Waals surface area contributed by atoms with Gasteiger partial charge < -0.3 is 5.73 Å². The van der Waals surface area contributed by atoms with Crippen molar-refractivity contribution in [2.24, 2.45) is 17.6 Å². The molecule has 2 heteroatoms. The summed E-state index contributed by atoms with van der Waals surface area (Å²) < 4.78 is 0. The van der Waals surface area contributed by atoms with Crippen LogP contribution in [0.25, 0.3) is 10.8 Å². The minimum absolute atomic E-state index is 0.150. The minimum atomic E-state index is -0.226. The SMILES string of the molecule is Cc1ccc2cc(C(N)C(C#N)C(C)C)ccc2c1. The highest BCUT2D eigenvalue weighted by atomic mass is 14.7. The van der Waals surface area contributed by atoms with Gasteiger partial charge in [-0.05, 0) is 35.2 Å². The summed E-state index contributed by atoms with van der Waals surface area (Å²) in [7, 11) is 0. The number of hydrogen-bond donors (Lipinski definition) is 1. The Morgan fingerprint density at radius 3 is 2.32 bits per heavy atom. The van der Waals surface area contributed by atoms with Crippen molar-refractivity contribution in [2.45, 2.75) is 26.8 Å². The van der Waals surface area contributed by atoms with Gasteiger partial charge in [0.15, 0.2) is 0 Å². The topological polar surface area (TPSA) is 49.8 Å². The van der Waals surface area contributed by atoms with E-state index in [0.29, 0.717) is 0 Å². The van der Waals surface area contributed by atoms with E-state index in [9.17, 15) is 5.26 Å². The molecule has 2 unspecified atom stereocenters. The summed E-state index contributed by atoms with van der Waals surface area (Å²) >= 11 is 0. The summed E-state index contributed by atoms with van der Waals surface area (Å²) in [6, 6.07) is 14.7. The van der Waals surface area contributed by atoms with Crippen molar-refractivity contribution in [1.29, 1.82) is 5.26 Å². The molecule has 19 heavy (non-hydrogen) atoms. The Kier molecular flexibility index (Phi) is 3.87. The van der Waals surface area contributed by atoms with Crippen molar-refractivity contribution in [3.8, 4) is 6.07 Å². The van der Waals surface area contributed by atoms with E-state index in [2.05, 4.69) is 43.3 Å². The quantitative estimate of drug-likeness (QED) is 0.899. The third kappa shape index (κ3) is 2.77. The molecule has 0 saturated carbocycles. The molecule has 2 atom stereocenters. The van der Waals surface area contributed by atoms with Crippen LogP contribution in [0.4, 0.5) is 0 Å². The number of hydrogen-bond acceptors (Lipinski definition) is 2. The van der Waals surface area contributed by atoms with Crippen LogP contribution in [0.5, 0.6) is 0 Å². The molecule has 2 aromatic carbocycles. The van der Waals surface area contributed by atoms with E-state index in [1.807, 2.05) is 19.9 Å². The van der Waals surface area contributed by atoms with E-state index in [0.717, 1.165) is 5.56 Å². The fourth-order valence-electron chi connectivity index (χ4n) is 2.44. The maximum atomic E-state index is 9.25. The highest BCUT2D eigenvalue weighted by molar-refractivity contribution is 5.83. The summed E-state index contributed by atoms with van der Waals surface area (Å²) in [5.41, 5.74) is 8.54. The normalized spacial score (nSPS) is 14.3. The van der Waals surface area contributed by atoms with Gasteiger partial charge in [-0.3, -0.25) is 0 Å². The van der Waals surface area contributed by atoms with Crippen LogP contribution in [0.15, 0.2) is 36.4 Å². The Morgan fingerprint density at radius 2 is 1.68 bits per heavy atom. The molecule has 98 valence electrons. The van der Waals surface area contributed by atoms with Gasteiger partial charge in [0.05, 0.1) is 12.0 Å². The lowest BCUT2D eigenvalue weighted by molar-refractivity contribution is 0.404. The van der Waals surface area contributed by atoms with E-state index in [1.54, 1.807) is 0 Å². The maximum absolute atomic E-state index is 9.25. The first kappa shape index (κ1) is 13.6. The van der Waals surface area contributed by atoms with E-state index in [4.69, 9.17) is 5.73 Å². The number of rotatable bonds is 3. The number of aryl methyl sites for hydroxylation is 1. The molecule has 0 aliphatic carbocycles. The van der Waals surface area contributed by atoms with Gasteiger partial charge >= 0.3 is 0 Å². The maximum Gasteiger partial charge on any atom is 0.0679 e. The van der Waals surface area contributed by atoms with Gasteiger partial charge in [-0.1, -0.05) is 49.7 Å². The van der Waals surface area contributed by atoms with E-state index in [1.165, 1.54) is 16.3 Å². The van der Waals surface area contributed by atoms with Crippen LogP contribution in [0.2, 0.25) is 0 Å². The van der Waals surface area contributed by atoms with Crippen molar-refractivity contribution in [3.05, 3.63) is 47.5 Å². The fraction of sp³-hybridized carbons (Fsp3) is 0.353. The zero-order valence-electron chi connectivity index (χ0n) is 11.7. The van der Waals surface area contributed by atoms with Crippen LogP contribution in [-0.2, 0) is 0 Å². The molecular weight excluding hydrogens is 232 g/mol. The molecule has 0 spiro atoms. The van der Waals surface area contributed by atoms with Crippen molar-refractivity contribution in [1.82, 2.24) is 0 Å². The fourth-order valence-corrected chi connectivity index (χ4v) is 2.44. The second-order valence-electron chi connectivity index (χ2n) is 5.53. The Balaban J connectivity index is 2.41. The molecule has 0 bridgehead atoms. The van der Waals surface area contributed by atoms with Gasteiger partial charge in [-0.2, -0.15) is 5.26 Å². The first-order chi connectivity index (χ1) is 9.02. The first-order valence-electron chi connectivity index (χ1n) is 6.68. The molecule has 0 amide bonds. The summed E-state index contributed by atoms with van der Waals surface area (Å²) in [5.74, 6) is 0.108. The van der Waals surface area contributed by atoms with Crippen LogP contribution in [0.3, 0.4) is 0 Å². The van der Waals surface area contributed by atoms with Gasteiger partial charge in [-0.15, -0.1) is 0 Å². The monoisotopic (exact) mass is 252 g/mol. The van der Waals surface area contributed by atoms with E-state index in [-0.39, 0.29) is 17.9 Å². The number of nitriles is 1. The van der Waals surface area contributed by atoms with E-state index >= 15 is 0 Å². The minimum Gasteiger partial charge on any atom is -0.323 e. The molecule has 0 aromatic heterocycles. The molecule has 2 nitrogen and oxygen atoms in total. The summed E-state index contributed by atoms with van der Waals surface area (Å²) in [6.07, 6.45) is 0. The molecular formula is C17H20N2. The van der Waals surface area contributed by atoms with E-state index < -0.39 is 0 Å². The molecule has 0 radical (unpaired) electrons. The Bertz CT molecular complexity index is 623. The van der Waals surface area contributed by atoms with Gasteiger partial charge in [0.25, 0.3) is 0 Å². The molecule has 0 fully saturated rings. The van der Waals surface area contributed by atoms with Crippen molar-refractivity contribution in [2.75, 3.05) is 0 Å². The summed E-state index contributed by atoms with van der Waals surface area (Å²) in [6.45, 7) is 6.17. The summed E-state index contributed by atoms with van der Waals surface area (Å²) in [5, 5.41) is 11.6.